The molecule has 2 aromatic carbocycles. The average Bonchev–Trinajstić information content (AvgIpc) is 3.32. The molecule has 1 aromatic heterocycles. The van der Waals surface area contributed by atoms with Gasteiger partial charge < -0.3 is 18.9 Å². The number of ether oxygens (including phenoxy) is 2. The Morgan fingerprint density at radius 3 is 2.56 bits per heavy atom. The van der Waals surface area contributed by atoms with Crippen LogP contribution in [0.25, 0.3) is 17.5 Å². The number of methoxy groups -OCH3 is 1. The lowest BCUT2D eigenvalue weighted by Gasteiger charge is -2.33. The fraction of sp³-hybridized carbons (Fsp3) is 0.346. The van der Waals surface area contributed by atoms with E-state index < -0.39 is 0 Å². The summed E-state index contributed by atoms with van der Waals surface area (Å²) in [5.74, 6) is 2.29. The Morgan fingerprint density at radius 2 is 1.85 bits per heavy atom. The first kappa shape index (κ1) is 23.5. The van der Waals surface area contributed by atoms with E-state index in [1.165, 1.54) is 5.56 Å². The minimum Gasteiger partial charge on any atom is -0.493 e. The van der Waals surface area contributed by atoms with Crippen molar-refractivity contribution in [1.29, 1.82) is 0 Å². The molecule has 4 rings (SSSR count). The number of piperazine rings is 1. The van der Waals surface area contributed by atoms with Gasteiger partial charge in [-0.05, 0) is 31.5 Å². The molecule has 1 fully saturated rings. The second-order valence-corrected chi connectivity index (χ2v) is 8.23. The number of carbonyl (C=O) groups excluding carboxylic acids is 1. The number of aromatic nitrogens is 2. The van der Waals surface area contributed by atoms with E-state index in [1.807, 2.05) is 73.4 Å². The van der Waals surface area contributed by atoms with Gasteiger partial charge >= 0.3 is 0 Å². The third-order valence-corrected chi connectivity index (χ3v) is 5.76. The van der Waals surface area contributed by atoms with Gasteiger partial charge in [0.2, 0.25) is 11.7 Å². The topological polar surface area (TPSA) is 80.9 Å². The summed E-state index contributed by atoms with van der Waals surface area (Å²) in [5.41, 5.74) is 3.14. The number of hydrogen-bond donors (Lipinski definition) is 0. The Bertz CT molecular complexity index is 1130. The van der Waals surface area contributed by atoms with Crippen LogP contribution in [0.5, 0.6) is 11.5 Å². The maximum atomic E-state index is 12.7. The molecule has 3 aromatic rings. The van der Waals surface area contributed by atoms with Gasteiger partial charge in [0, 0.05) is 31.7 Å². The molecule has 1 amide bonds. The van der Waals surface area contributed by atoms with E-state index in [0.29, 0.717) is 42.8 Å². The molecule has 0 N–H and O–H groups in total. The van der Waals surface area contributed by atoms with E-state index in [4.69, 9.17) is 14.0 Å². The lowest BCUT2D eigenvalue weighted by Crippen LogP contribution is -2.49. The largest absolute Gasteiger partial charge is 0.493 e. The van der Waals surface area contributed by atoms with Gasteiger partial charge in [-0.25, -0.2) is 0 Å². The standard InChI is InChI=1S/C26H30N4O4/c1-4-5-20-8-11-22(23(16-20)32-3)33-18-25(31)30-14-12-29(13-15-30)17-24-27-26(28-34-24)21-9-6-19(2)7-10-21/h4-11,16H,12-15,17-18H2,1-3H3/b5-4+. The Labute approximate surface area is 199 Å². The third-order valence-electron chi connectivity index (χ3n) is 5.76. The zero-order chi connectivity index (χ0) is 23.9. The first-order valence-electron chi connectivity index (χ1n) is 11.4. The number of hydrogen-bond acceptors (Lipinski definition) is 7. The SMILES string of the molecule is C/C=C/c1ccc(OCC(=O)N2CCN(Cc3nc(-c4ccc(C)cc4)no3)CC2)c(OC)c1. The number of nitrogens with zero attached hydrogens (tertiary/aromatic N) is 4. The van der Waals surface area contributed by atoms with Crippen molar-refractivity contribution in [2.75, 3.05) is 39.9 Å². The Balaban J connectivity index is 1.25. The predicted octanol–water partition coefficient (Wildman–Crippen LogP) is 3.81. The highest BCUT2D eigenvalue weighted by atomic mass is 16.5. The Hall–Kier alpha value is -3.65. The summed E-state index contributed by atoms with van der Waals surface area (Å²) in [6, 6.07) is 13.7. The Morgan fingerprint density at radius 1 is 1.09 bits per heavy atom. The van der Waals surface area contributed by atoms with Gasteiger partial charge in [0.15, 0.2) is 18.1 Å². The van der Waals surface area contributed by atoms with Gasteiger partial charge in [0.05, 0.1) is 13.7 Å². The second kappa shape index (κ2) is 11.0. The van der Waals surface area contributed by atoms with E-state index in [9.17, 15) is 4.79 Å². The summed E-state index contributed by atoms with van der Waals surface area (Å²) < 4.78 is 16.6. The predicted molar refractivity (Wildman–Crippen MR) is 130 cm³/mol. The third kappa shape index (κ3) is 5.82. The van der Waals surface area contributed by atoms with Crippen molar-refractivity contribution in [3.8, 4) is 22.9 Å². The number of amides is 1. The number of rotatable bonds is 8. The maximum Gasteiger partial charge on any atom is 0.260 e. The molecule has 8 nitrogen and oxygen atoms in total. The van der Waals surface area contributed by atoms with Crippen molar-refractivity contribution in [2.24, 2.45) is 0 Å². The highest BCUT2D eigenvalue weighted by Crippen LogP contribution is 2.28. The quantitative estimate of drug-likeness (QED) is 0.504. The molecular weight excluding hydrogens is 432 g/mol. The molecule has 1 aliphatic heterocycles. The van der Waals surface area contributed by atoms with Gasteiger partial charge in [0.1, 0.15) is 0 Å². The molecule has 2 heterocycles. The van der Waals surface area contributed by atoms with E-state index in [-0.39, 0.29) is 12.5 Å². The Kier molecular flexibility index (Phi) is 7.59. The fourth-order valence-electron chi connectivity index (χ4n) is 3.82. The number of benzene rings is 2. The molecule has 0 spiro atoms. The molecule has 0 saturated carbocycles. The smallest absolute Gasteiger partial charge is 0.260 e. The van der Waals surface area contributed by atoms with E-state index in [2.05, 4.69) is 15.0 Å². The molecule has 34 heavy (non-hydrogen) atoms. The summed E-state index contributed by atoms with van der Waals surface area (Å²) in [6.07, 6.45) is 3.94. The lowest BCUT2D eigenvalue weighted by molar-refractivity contribution is -0.135. The van der Waals surface area contributed by atoms with Crippen molar-refractivity contribution in [3.63, 3.8) is 0 Å². The van der Waals surface area contributed by atoms with Crippen LogP contribution in [-0.2, 0) is 11.3 Å². The molecule has 8 heteroatoms. The van der Waals surface area contributed by atoms with Gasteiger partial charge in [-0.1, -0.05) is 53.2 Å². The molecule has 1 aliphatic rings. The zero-order valence-corrected chi connectivity index (χ0v) is 19.9. The second-order valence-electron chi connectivity index (χ2n) is 8.23. The van der Waals surface area contributed by atoms with Gasteiger partial charge in [-0.15, -0.1) is 0 Å². The molecule has 0 bridgehead atoms. The van der Waals surface area contributed by atoms with Crippen LogP contribution in [-0.4, -0.2) is 65.7 Å². The van der Waals surface area contributed by atoms with Crippen molar-refractivity contribution < 1.29 is 18.8 Å². The monoisotopic (exact) mass is 462 g/mol. The van der Waals surface area contributed by atoms with Crippen molar-refractivity contribution in [1.82, 2.24) is 19.9 Å². The number of allylic oxidation sites excluding steroid dienone is 1. The van der Waals surface area contributed by atoms with Crippen LogP contribution in [0.4, 0.5) is 0 Å². The van der Waals surface area contributed by atoms with Crippen LogP contribution in [0.1, 0.15) is 23.9 Å². The molecule has 178 valence electrons. The minimum atomic E-state index is -0.0429. The molecule has 1 saturated heterocycles. The van der Waals surface area contributed by atoms with E-state index >= 15 is 0 Å². The lowest BCUT2D eigenvalue weighted by atomic mass is 10.1. The van der Waals surface area contributed by atoms with Crippen molar-refractivity contribution in [2.45, 2.75) is 20.4 Å². The molecule has 0 radical (unpaired) electrons. The van der Waals surface area contributed by atoms with Crippen molar-refractivity contribution in [3.05, 3.63) is 65.6 Å². The first-order valence-corrected chi connectivity index (χ1v) is 11.4. The van der Waals surface area contributed by atoms with Gasteiger partial charge in [-0.2, -0.15) is 4.98 Å². The average molecular weight is 463 g/mol. The highest BCUT2D eigenvalue weighted by molar-refractivity contribution is 5.78. The van der Waals surface area contributed by atoms with Gasteiger partial charge in [-0.3, -0.25) is 9.69 Å². The summed E-state index contributed by atoms with van der Waals surface area (Å²) in [5, 5.41) is 4.10. The summed E-state index contributed by atoms with van der Waals surface area (Å²) in [7, 11) is 1.59. The zero-order valence-electron chi connectivity index (χ0n) is 19.9. The summed E-state index contributed by atoms with van der Waals surface area (Å²) in [4.78, 5) is 21.2. The highest BCUT2D eigenvalue weighted by Gasteiger charge is 2.23. The normalized spacial score (nSPS) is 14.5. The molecule has 0 unspecified atom stereocenters. The molecule has 0 aliphatic carbocycles. The minimum absolute atomic E-state index is 0.0249. The van der Waals surface area contributed by atoms with Gasteiger partial charge in [0.25, 0.3) is 5.91 Å². The van der Waals surface area contributed by atoms with Crippen LogP contribution < -0.4 is 9.47 Å². The number of carbonyl (C=O) groups is 1. The van der Waals surface area contributed by atoms with E-state index in [1.54, 1.807) is 7.11 Å². The maximum absolute atomic E-state index is 12.7. The molecular formula is C26H30N4O4. The van der Waals surface area contributed by atoms with Crippen LogP contribution in [0.3, 0.4) is 0 Å². The molecule has 0 atom stereocenters. The first-order chi connectivity index (χ1) is 16.6. The van der Waals surface area contributed by atoms with Crippen LogP contribution in [0.15, 0.2) is 53.1 Å². The number of aryl methyl sites for hydroxylation is 1. The van der Waals surface area contributed by atoms with Crippen LogP contribution >= 0.6 is 0 Å². The summed E-state index contributed by atoms with van der Waals surface area (Å²) >= 11 is 0. The van der Waals surface area contributed by atoms with E-state index in [0.717, 1.165) is 24.2 Å². The fourth-order valence-corrected chi connectivity index (χ4v) is 3.82. The van der Waals surface area contributed by atoms with Crippen LogP contribution in [0, 0.1) is 6.92 Å². The summed E-state index contributed by atoms with van der Waals surface area (Å²) in [6.45, 7) is 7.25. The van der Waals surface area contributed by atoms with Crippen molar-refractivity contribution >= 4 is 12.0 Å². The van der Waals surface area contributed by atoms with Crippen LogP contribution in [0.2, 0.25) is 0 Å².